The summed E-state index contributed by atoms with van der Waals surface area (Å²) in [4.78, 5) is 13.3. The van der Waals surface area contributed by atoms with E-state index in [4.69, 9.17) is 11.6 Å². The van der Waals surface area contributed by atoms with Gasteiger partial charge >= 0.3 is 0 Å². The van der Waals surface area contributed by atoms with Gasteiger partial charge in [-0.2, -0.15) is 0 Å². The van der Waals surface area contributed by atoms with Crippen LogP contribution < -0.4 is 10.7 Å². The first-order valence-electron chi connectivity index (χ1n) is 9.97. The SMILES string of the molecule is CCCc1nnc2n1N[C@H](c1ccc(C)cc1)[C@H](C(=O)Nc1ccc(C)c(Cl)c1)S2. The van der Waals surface area contributed by atoms with E-state index in [0.29, 0.717) is 15.9 Å². The van der Waals surface area contributed by atoms with Gasteiger partial charge in [-0.3, -0.25) is 4.79 Å². The van der Waals surface area contributed by atoms with Crippen LogP contribution in [0.25, 0.3) is 0 Å². The molecule has 3 aromatic rings. The number of nitrogens with zero attached hydrogens (tertiary/aromatic N) is 3. The zero-order valence-corrected chi connectivity index (χ0v) is 18.7. The minimum atomic E-state index is -0.418. The van der Waals surface area contributed by atoms with Crippen LogP contribution >= 0.6 is 23.4 Å². The second kappa shape index (κ2) is 8.70. The molecule has 8 heteroatoms. The second-order valence-corrected chi connectivity index (χ2v) is 9.01. The Morgan fingerprint density at radius 1 is 1.20 bits per heavy atom. The highest BCUT2D eigenvalue weighted by molar-refractivity contribution is 8.00. The number of carbonyl (C=O) groups excluding carboxylic acids is 1. The van der Waals surface area contributed by atoms with E-state index >= 15 is 0 Å². The number of anilines is 1. The number of thioether (sulfide) groups is 1. The molecule has 2 heterocycles. The maximum Gasteiger partial charge on any atom is 0.240 e. The van der Waals surface area contributed by atoms with Gasteiger partial charge in [-0.25, -0.2) is 4.68 Å². The first-order valence-corrected chi connectivity index (χ1v) is 11.2. The van der Waals surface area contributed by atoms with Crippen molar-refractivity contribution in [3.8, 4) is 0 Å². The van der Waals surface area contributed by atoms with Gasteiger partial charge in [-0.15, -0.1) is 10.2 Å². The predicted molar refractivity (Wildman–Crippen MR) is 122 cm³/mol. The van der Waals surface area contributed by atoms with Crippen LogP contribution in [-0.4, -0.2) is 26.0 Å². The zero-order valence-electron chi connectivity index (χ0n) is 17.1. The largest absolute Gasteiger partial charge is 0.325 e. The molecule has 0 fully saturated rings. The molecule has 0 spiro atoms. The van der Waals surface area contributed by atoms with Crippen LogP contribution in [0.4, 0.5) is 5.69 Å². The maximum absolute atomic E-state index is 13.3. The topological polar surface area (TPSA) is 71.8 Å². The minimum absolute atomic E-state index is 0.107. The summed E-state index contributed by atoms with van der Waals surface area (Å²) < 4.78 is 1.92. The van der Waals surface area contributed by atoms with E-state index in [-0.39, 0.29) is 11.9 Å². The molecular formula is C22H24ClN5OS. The zero-order chi connectivity index (χ0) is 21.3. The standard InChI is InChI=1S/C22H24ClN5OS/c1-4-5-18-25-26-22-28(18)27-19(15-9-6-13(2)7-10-15)20(30-22)21(29)24-16-11-8-14(3)17(23)12-16/h6-12,19-20,27H,4-5H2,1-3H3,(H,24,29)/t19-,20-/m1/s1. The predicted octanol–water partition coefficient (Wildman–Crippen LogP) is 4.90. The molecule has 1 amide bonds. The number of nitrogens with one attached hydrogen (secondary N) is 2. The average molecular weight is 442 g/mol. The molecule has 156 valence electrons. The van der Waals surface area contributed by atoms with Gasteiger partial charge < -0.3 is 10.7 Å². The third-order valence-electron chi connectivity index (χ3n) is 5.11. The fourth-order valence-electron chi connectivity index (χ4n) is 3.39. The lowest BCUT2D eigenvalue weighted by Gasteiger charge is -2.33. The molecule has 2 aromatic carbocycles. The van der Waals surface area contributed by atoms with Gasteiger partial charge in [-0.05, 0) is 43.5 Å². The smallest absolute Gasteiger partial charge is 0.240 e. The lowest BCUT2D eigenvalue weighted by molar-refractivity contribution is -0.116. The molecule has 0 radical (unpaired) electrons. The number of hydrogen-bond donors (Lipinski definition) is 2. The first-order chi connectivity index (χ1) is 14.5. The molecule has 4 rings (SSSR count). The number of aryl methyl sites for hydroxylation is 3. The van der Waals surface area contributed by atoms with Crippen LogP contribution in [0.1, 0.15) is 41.9 Å². The summed E-state index contributed by atoms with van der Waals surface area (Å²) in [6, 6.07) is 13.6. The van der Waals surface area contributed by atoms with Gasteiger partial charge in [0.15, 0.2) is 5.82 Å². The molecule has 0 saturated carbocycles. The van der Waals surface area contributed by atoms with E-state index < -0.39 is 5.25 Å². The van der Waals surface area contributed by atoms with Crippen LogP contribution in [0.3, 0.4) is 0 Å². The molecule has 0 unspecified atom stereocenters. The van der Waals surface area contributed by atoms with Crippen molar-refractivity contribution >= 4 is 35.0 Å². The van der Waals surface area contributed by atoms with Gasteiger partial charge in [0.2, 0.25) is 11.1 Å². The number of amides is 1. The Labute approximate surface area is 185 Å². The summed E-state index contributed by atoms with van der Waals surface area (Å²) in [5, 5.41) is 12.5. The monoisotopic (exact) mass is 441 g/mol. The highest BCUT2D eigenvalue weighted by atomic mass is 35.5. The third-order valence-corrected chi connectivity index (χ3v) is 6.73. The Morgan fingerprint density at radius 3 is 2.67 bits per heavy atom. The molecule has 1 aliphatic heterocycles. The number of halogens is 1. The number of carbonyl (C=O) groups is 1. The summed E-state index contributed by atoms with van der Waals surface area (Å²) in [5.74, 6) is 0.769. The lowest BCUT2D eigenvalue weighted by Crippen LogP contribution is -2.41. The number of hydrogen-bond acceptors (Lipinski definition) is 5. The van der Waals surface area contributed by atoms with E-state index in [1.165, 1.54) is 17.3 Å². The molecule has 30 heavy (non-hydrogen) atoms. The molecule has 6 nitrogen and oxygen atoms in total. The number of benzene rings is 2. The number of aromatic nitrogens is 3. The Balaban J connectivity index is 1.66. The van der Waals surface area contributed by atoms with Crippen LogP contribution in [0.5, 0.6) is 0 Å². The number of fused-ring (bicyclic) bond motifs is 1. The second-order valence-electron chi connectivity index (χ2n) is 7.49. The van der Waals surface area contributed by atoms with Crippen molar-refractivity contribution < 1.29 is 4.79 Å². The van der Waals surface area contributed by atoms with Gasteiger partial charge in [0.1, 0.15) is 5.25 Å². The highest BCUT2D eigenvalue weighted by Crippen LogP contribution is 2.38. The van der Waals surface area contributed by atoms with Crippen molar-refractivity contribution in [2.24, 2.45) is 0 Å². The van der Waals surface area contributed by atoms with Crippen LogP contribution in [0, 0.1) is 13.8 Å². The van der Waals surface area contributed by atoms with Crippen LogP contribution in [0.2, 0.25) is 5.02 Å². The van der Waals surface area contributed by atoms with E-state index in [1.54, 1.807) is 6.07 Å². The van der Waals surface area contributed by atoms with Gasteiger partial charge in [0, 0.05) is 17.1 Å². The normalized spacial score (nSPS) is 17.9. The van der Waals surface area contributed by atoms with Crippen molar-refractivity contribution in [1.82, 2.24) is 14.9 Å². The molecule has 0 aliphatic carbocycles. The van der Waals surface area contributed by atoms with E-state index in [0.717, 1.165) is 29.8 Å². The van der Waals surface area contributed by atoms with Gasteiger partial charge in [0.05, 0.1) is 6.04 Å². The quantitative estimate of drug-likeness (QED) is 0.589. The molecule has 0 saturated heterocycles. The summed E-state index contributed by atoms with van der Waals surface area (Å²) >= 11 is 7.66. The lowest BCUT2D eigenvalue weighted by atomic mass is 10.0. The van der Waals surface area contributed by atoms with E-state index in [2.05, 4.69) is 59.1 Å². The summed E-state index contributed by atoms with van der Waals surface area (Å²) in [5.41, 5.74) is 7.35. The van der Waals surface area contributed by atoms with Gasteiger partial charge in [-0.1, -0.05) is 66.2 Å². The maximum atomic E-state index is 13.3. The van der Waals surface area contributed by atoms with Crippen LogP contribution in [-0.2, 0) is 11.2 Å². The molecule has 0 bridgehead atoms. The Bertz CT molecular complexity index is 1070. The average Bonchev–Trinajstić information content (AvgIpc) is 3.12. The fraction of sp³-hybridized carbons (Fsp3) is 0.318. The highest BCUT2D eigenvalue weighted by Gasteiger charge is 2.37. The summed E-state index contributed by atoms with van der Waals surface area (Å²) in [6.45, 7) is 6.09. The fourth-order valence-corrected chi connectivity index (χ4v) is 4.67. The van der Waals surface area contributed by atoms with Gasteiger partial charge in [0.25, 0.3) is 0 Å². The first kappa shape index (κ1) is 20.8. The Kier molecular flexibility index (Phi) is 6.01. The van der Waals surface area contributed by atoms with Crippen molar-refractivity contribution in [3.63, 3.8) is 0 Å². The van der Waals surface area contributed by atoms with Crippen LogP contribution in [0.15, 0.2) is 47.6 Å². The molecule has 2 N–H and O–H groups in total. The van der Waals surface area contributed by atoms with E-state index in [9.17, 15) is 4.79 Å². The molecule has 1 aromatic heterocycles. The summed E-state index contributed by atoms with van der Waals surface area (Å²) in [7, 11) is 0. The summed E-state index contributed by atoms with van der Waals surface area (Å²) in [6.07, 6.45) is 1.79. The van der Waals surface area contributed by atoms with Crippen molar-refractivity contribution in [2.45, 2.75) is 50.1 Å². The van der Waals surface area contributed by atoms with E-state index in [1.807, 2.05) is 23.7 Å². The molecular weight excluding hydrogens is 418 g/mol. The number of rotatable bonds is 5. The molecule has 2 atom stereocenters. The van der Waals surface area contributed by atoms with Crippen molar-refractivity contribution in [3.05, 3.63) is 70.0 Å². The van der Waals surface area contributed by atoms with Crippen molar-refractivity contribution in [1.29, 1.82) is 0 Å². The molecule has 1 aliphatic rings. The van der Waals surface area contributed by atoms with Crippen molar-refractivity contribution in [2.75, 3.05) is 10.7 Å². The Hall–Kier alpha value is -2.51. The minimum Gasteiger partial charge on any atom is -0.325 e. The Morgan fingerprint density at radius 2 is 1.97 bits per heavy atom. The third kappa shape index (κ3) is 4.18.